The lowest BCUT2D eigenvalue weighted by Gasteiger charge is -2.15. The van der Waals surface area contributed by atoms with E-state index in [1.165, 1.54) is 21.7 Å². The average molecular weight is 464 g/mol. The fraction of sp³-hybridized carbons (Fsp3) is 0.190. The van der Waals surface area contributed by atoms with Gasteiger partial charge in [-0.15, -0.1) is 0 Å². The Labute approximate surface area is 186 Å². The largest absolute Gasteiger partial charge is 0.421 e. The molecular weight excluding hydrogens is 444 g/mol. The van der Waals surface area contributed by atoms with E-state index in [2.05, 4.69) is 10.4 Å². The van der Waals surface area contributed by atoms with Crippen LogP contribution in [0, 0.1) is 5.82 Å². The van der Waals surface area contributed by atoms with Crippen molar-refractivity contribution in [2.24, 2.45) is 7.05 Å². The van der Waals surface area contributed by atoms with Gasteiger partial charge in [-0.25, -0.2) is 9.18 Å². The molecule has 0 aliphatic carbocycles. The molecule has 0 bridgehead atoms. The molecule has 0 atom stereocenters. The summed E-state index contributed by atoms with van der Waals surface area (Å²) in [5.74, 6) is -1.66. The van der Waals surface area contributed by atoms with E-state index in [9.17, 15) is 27.2 Å². The summed E-state index contributed by atoms with van der Waals surface area (Å²) in [6, 6.07) is 7.73. The number of benzene rings is 2. The van der Waals surface area contributed by atoms with Crippen LogP contribution in [0.1, 0.15) is 15.9 Å². The van der Waals surface area contributed by atoms with Gasteiger partial charge in [0.05, 0.1) is 5.69 Å². The minimum atomic E-state index is -4.98. The highest BCUT2D eigenvalue weighted by molar-refractivity contribution is 6.04. The third-order valence-corrected chi connectivity index (χ3v) is 4.67. The molecule has 0 saturated heterocycles. The van der Waals surface area contributed by atoms with Crippen LogP contribution in [-0.2, 0) is 13.2 Å². The van der Waals surface area contributed by atoms with Gasteiger partial charge in [-0.1, -0.05) is 18.2 Å². The van der Waals surface area contributed by atoms with Crippen LogP contribution in [0.15, 0.2) is 42.5 Å². The number of carbonyl (C=O) groups is 2. The maximum Gasteiger partial charge on any atom is 0.421 e. The first kappa shape index (κ1) is 23.6. The molecule has 4 N–H and O–H groups in total. The number of nitrogens with one attached hydrogen (secondary N) is 2. The lowest BCUT2D eigenvalue weighted by Crippen LogP contribution is -2.23. The van der Waals surface area contributed by atoms with Crippen LogP contribution in [0.5, 0.6) is 0 Å². The normalized spacial score (nSPS) is 11.2. The van der Waals surface area contributed by atoms with E-state index >= 15 is 0 Å². The summed E-state index contributed by atoms with van der Waals surface area (Å²) in [6.07, 6.45) is -4.98. The summed E-state index contributed by atoms with van der Waals surface area (Å²) in [5.41, 5.74) is 5.02. The van der Waals surface area contributed by atoms with Gasteiger partial charge in [0.1, 0.15) is 28.5 Å². The first-order valence-corrected chi connectivity index (χ1v) is 9.48. The molecule has 0 saturated carbocycles. The lowest BCUT2D eigenvalue weighted by atomic mass is 10.1. The molecule has 0 fully saturated rings. The quantitative estimate of drug-likeness (QED) is 0.504. The topological polar surface area (TPSA) is 105 Å². The number of hydrogen-bond donors (Lipinski definition) is 3. The Bertz CT molecular complexity index is 1200. The highest BCUT2D eigenvalue weighted by Crippen LogP contribution is 2.36. The van der Waals surface area contributed by atoms with Crippen LogP contribution in [0.3, 0.4) is 0 Å². The molecule has 0 unspecified atom stereocenters. The lowest BCUT2D eigenvalue weighted by molar-refractivity contribution is -0.139. The molecule has 0 aliphatic heterocycles. The highest BCUT2D eigenvalue weighted by atomic mass is 19.4. The number of halogens is 4. The number of carbonyl (C=O) groups excluding carboxylic acids is 2. The van der Waals surface area contributed by atoms with E-state index in [0.29, 0.717) is 17.3 Å². The smallest absolute Gasteiger partial charge is 0.383 e. The van der Waals surface area contributed by atoms with Gasteiger partial charge < -0.3 is 21.3 Å². The molecule has 1 heterocycles. The van der Waals surface area contributed by atoms with Crippen molar-refractivity contribution in [1.82, 2.24) is 14.7 Å². The fourth-order valence-electron chi connectivity index (χ4n) is 3.09. The third kappa shape index (κ3) is 4.89. The van der Waals surface area contributed by atoms with Gasteiger partial charge in [-0.3, -0.25) is 9.48 Å². The van der Waals surface area contributed by atoms with Crippen LogP contribution < -0.4 is 16.4 Å². The number of aromatic nitrogens is 2. The summed E-state index contributed by atoms with van der Waals surface area (Å²) in [5, 5.41) is 8.66. The first-order chi connectivity index (χ1) is 15.4. The Kier molecular flexibility index (Phi) is 6.29. The standard InChI is InChI=1S/C21H20F4N6O2/c1-30(2)19(32)15-17(29-31(3)18(15)26)11-7-9-12(10-8-11)27-20(33)28-14-6-4-5-13(22)16(14)21(23,24)25/h4-10H,26H2,1-3H3,(H2,27,28,33). The second-order valence-corrected chi connectivity index (χ2v) is 7.25. The minimum Gasteiger partial charge on any atom is -0.383 e. The molecule has 8 nitrogen and oxygen atoms in total. The zero-order chi connectivity index (χ0) is 24.5. The highest BCUT2D eigenvalue weighted by Gasteiger charge is 2.37. The summed E-state index contributed by atoms with van der Waals surface area (Å²) in [4.78, 5) is 26.1. The van der Waals surface area contributed by atoms with Crippen molar-refractivity contribution in [3.8, 4) is 11.3 Å². The van der Waals surface area contributed by atoms with Crippen LogP contribution in [0.25, 0.3) is 11.3 Å². The molecule has 0 radical (unpaired) electrons. The van der Waals surface area contributed by atoms with Crippen molar-refractivity contribution in [2.75, 3.05) is 30.5 Å². The Morgan fingerprint density at radius 2 is 1.70 bits per heavy atom. The first-order valence-electron chi connectivity index (χ1n) is 9.48. The van der Waals surface area contributed by atoms with Gasteiger partial charge in [0.15, 0.2) is 0 Å². The molecule has 3 rings (SSSR count). The van der Waals surface area contributed by atoms with Crippen LogP contribution in [0.2, 0.25) is 0 Å². The second-order valence-electron chi connectivity index (χ2n) is 7.25. The van der Waals surface area contributed by atoms with Crippen LogP contribution in [0.4, 0.5) is 39.5 Å². The van der Waals surface area contributed by atoms with Crippen LogP contribution >= 0.6 is 0 Å². The number of nitrogen functional groups attached to an aromatic ring is 1. The number of nitrogens with zero attached hydrogens (tertiary/aromatic N) is 3. The van der Waals surface area contributed by atoms with Crippen molar-refractivity contribution in [3.05, 3.63) is 59.4 Å². The molecule has 2 aromatic carbocycles. The molecule has 3 amide bonds. The molecule has 174 valence electrons. The van der Waals surface area contributed by atoms with Crippen LogP contribution in [-0.4, -0.2) is 40.7 Å². The van der Waals surface area contributed by atoms with E-state index in [0.717, 1.165) is 12.1 Å². The summed E-state index contributed by atoms with van der Waals surface area (Å²) >= 11 is 0. The number of hydrogen-bond acceptors (Lipinski definition) is 4. The number of nitrogens with two attached hydrogens (primary N) is 1. The van der Waals surface area contributed by atoms with Crippen molar-refractivity contribution in [1.29, 1.82) is 0 Å². The number of aryl methyl sites for hydroxylation is 1. The molecule has 33 heavy (non-hydrogen) atoms. The number of amides is 3. The van der Waals surface area contributed by atoms with Crippen molar-refractivity contribution < 1.29 is 27.2 Å². The van der Waals surface area contributed by atoms with Gasteiger partial charge in [-0.2, -0.15) is 18.3 Å². The molecule has 12 heteroatoms. The third-order valence-electron chi connectivity index (χ3n) is 4.67. The fourth-order valence-corrected chi connectivity index (χ4v) is 3.09. The van der Waals surface area contributed by atoms with E-state index < -0.39 is 29.3 Å². The summed E-state index contributed by atoms with van der Waals surface area (Å²) < 4.78 is 54.3. The van der Waals surface area contributed by atoms with Gasteiger partial charge in [-0.05, 0) is 24.3 Å². The van der Waals surface area contributed by atoms with E-state index in [-0.39, 0.29) is 23.0 Å². The molecule has 0 spiro atoms. The zero-order valence-electron chi connectivity index (χ0n) is 17.8. The Morgan fingerprint density at radius 3 is 2.27 bits per heavy atom. The predicted molar refractivity (Wildman–Crippen MR) is 115 cm³/mol. The predicted octanol–water partition coefficient (Wildman–Crippen LogP) is 4.17. The average Bonchev–Trinajstić information content (AvgIpc) is 3.01. The minimum absolute atomic E-state index is 0.181. The Hall–Kier alpha value is -4.09. The van der Waals surface area contributed by atoms with E-state index in [4.69, 9.17) is 5.73 Å². The maximum absolute atomic E-state index is 13.7. The van der Waals surface area contributed by atoms with Crippen molar-refractivity contribution in [3.63, 3.8) is 0 Å². The van der Waals surface area contributed by atoms with Crippen molar-refractivity contribution in [2.45, 2.75) is 6.18 Å². The van der Waals surface area contributed by atoms with Gasteiger partial charge in [0.2, 0.25) is 0 Å². The number of rotatable bonds is 4. The van der Waals surface area contributed by atoms with E-state index in [1.54, 1.807) is 33.3 Å². The molecular formula is C21H20F4N6O2. The molecule has 0 aliphatic rings. The monoisotopic (exact) mass is 464 g/mol. The zero-order valence-corrected chi connectivity index (χ0v) is 17.8. The summed E-state index contributed by atoms with van der Waals surface area (Å²) in [6.45, 7) is 0. The Morgan fingerprint density at radius 1 is 1.06 bits per heavy atom. The van der Waals surface area contributed by atoms with Crippen molar-refractivity contribution >= 4 is 29.1 Å². The molecule has 1 aromatic heterocycles. The Balaban J connectivity index is 1.81. The van der Waals surface area contributed by atoms with Gasteiger partial charge >= 0.3 is 12.2 Å². The van der Waals surface area contributed by atoms with E-state index in [1.807, 2.05) is 5.32 Å². The van der Waals surface area contributed by atoms with Gasteiger partial charge in [0.25, 0.3) is 5.91 Å². The number of alkyl halides is 3. The molecule has 3 aromatic rings. The van der Waals surface area contributed by atoms with Gasteiger partial charge in [0, 0.05) is 32.4 Å². The summed E-state index contributed by atoms with van der Waals surface area (Å²) in [7, 11) is 4.74. The SMILES string of the molecule is CN(C)C(=O)c1c(-c2ccc(NC(=O)Nc3cccc(F)c3C(F)(F)F)cc2)nn(C)c1N. The maximum atomic E-state index is 13.7. The second kappa shape index (κ2) is 8.81. The number of anilines is 3. The number of urea groups is 1.